The van der Waals surface area contributed by atoms with Gasteiger partial charge in [0.15, 0.2) is 5.82 Å². The molecule has 1 fully saturated rings. The molecular weight excluding hydrogens is 298 g/mol. The molecule has 22 heavy (non-hydrogen) atoms. The predicted octanol–water partition coefficient (Wildman–Crippen LogP) is 1.01. The minimum absolute atomic E-state index is 0.0503. The second-order valence-corrected chi connectivity index (χ2v) is 4.30. The molecule has 0 aliphatic carbocycles. The fourth-order valence-electron chi connectivity index (χ4n) is 1.98. The zero-order chi connectivity index (χ0) is 15.7. The molecule has 1 aromatic carbocycles. The van der Waals surface area contributed by atoms with Gasteiger partial charge in [0.2, 0.25) is 0 Å². The van der Waals surface area contributed by atoms with Gasteiger partial charge in [0.05, 0.1) is 0 Å². The molecular formula is C12H9N3O7. The second kappa shape index (κ2) is 5.24. The molecule has 114 valence electrons. The van der Waals surface area contributed by atoms with Crippen LogP contribution in [0.15, 0.2) is 33.6 Å². The molecule has 1 aromatic heterocycles. The summed E-state index contributed by atoms with van der Waals surface area (Å²) in [6, 6.07) is 6.41. The standard InChI is InChI=1S/C12H9N3O7/c16-10-13-9(14-22-10)6-1-3-7(4-2-6)15-5-8(20-11(15)17)21-12(18)19/h1-4,8H,5H2,(H,18,19)(H,13,14,16). The van der Waals surface area contributed by atoms with Gasteiger partial charge in [-0.1, -0.05) is 5.16 Å². The largest absolute Gasteiger partial charge is 0.508 e. The van der Waals surface area contributed by atoms with Crippen molar-refractivity contribution in [3.05, 3.63) is 34.8 Å². The summed E-state index contributed by atoms with van der Waals surface area (Å²) in [7, 11) is 0. The first-order valence-electron chi connectivity index (χ1n) is 6.07. The first-order chi connectivity index (χ1) is 10.5. The molecule has 2 heterocycles. The Morgan fingerprint density at radius 3 is 2.68 bits per heavy atom. The maximum Gasteiger partial charge on any atom is 0.508 e. The number of amides is 1. The van der Waals surface area contributed by atoms with E-state index in [0.717, 1.165) is 0 Å². The average molecular weight is 307 g/mol. The van der Waals surface area contributed by atoms with Crippen molar-refractivity contribution in [3.8, 4) is 11.4 Å². The Kier molecular flexibility index (Phi) is 3.26. The third kappa shape index (κ3) is 2.61. The van der Waals surface area contributed by atoms with Crippen LogP contribution in [0.25, 0.3) is 11.4 Å². The number of nitrogens with zero attached hydrogens (tertiary/aromatic N) is 2. The fourth-order valence-corrected chi connectivity index (χ4v) is 1.98. The number of carbonyl (C=O) groups is 2. The molecule has 1 aliphatic rings. The van der Waals surface area contributed by atoms with Crippen LogP contribution in [0.4, 0.5) is 15.3 Å². The van der Waals surface area contributed by atoms with Gasteiger partial charge in [-0.2, -0.15) is 0 Å². The van der Waals surface area contributed by atoms with Crippen molar-refractivity contribution in [1.82, 2.24) is 10.1 Å². The number of benzene rings is 1. The third-order valence-electron chi connectivity index (χ3n) is 2.91. The molecule has 1 atom stereocenters. The Labute approximate surface area is 121 Å². The number of cyclic esters (lactones) is 1. The lowest BCUT2D eigenvalue weighted by molar-refractivity contribution is -0.0491. The van der Waals surface area contributed by atoms with E-state index in [1.165, 1.54) is 4.90 Å². The molecule has 1 unspecified atom stereocenters. The summed E-state index contributed by atoms with van der Waals surface area (Å²) in [6.07, 6.45) is -3.41. The Balaban J connectivity index is 1.77. The Morgan fingerprint density at radius 2 is 2.09 bits per heavy atom. The summed E-state index contributed by atoms with van der Waals surface area (Å²) < 4.78 is 13.6. The molecule has 0 radical (unpaired) electrons. The van der Waals surface area contributed by atoms with Gasteiger partial charge >= 0.3 is 18.0 Å². The van der Waals surface area contributed by atoms with Crippen molar-refractivity contribution in [3.63, 3.8) is 0 Å². The smallest absolute Gasteiger partial charge is 0.450 e. The maximum atomic E-state index is 11.7. The van der Waals surface area contributed by atoms with E-state index < -0.39 is 24.3 Å². The van der Waals surface area contributed by atoms with E-state index in [9.17, 15) is 14.4 Å². The van der Waals surface area contributed by atoms with Crippen molar-refractivity contribution >= 4 is 17.9 Å². The van der Waals surface area contributed by atoms with Crippen molar-refractivity contribution in [1.29, 1.82) is 0 Å². The van der Waals surface area contributed by atoms with Gasteiger partial charge in [-0.3, -0.25) is 14.4 Å². The summed E-state index contributed by atoms with van der Waals surface area (Å²) in [6.45, 7) is -0.0503. The zero-order valence-electron chi connectivity index (χ0n) is 10.9. The molecule has 2 aromatic rings. The van der Waals surface area contributed by atoms with Gasteiger partial charge in [0.1, 0.15) is 6.54 Å². The zero-order valence-corrected chi connectivity index (χ0v) is 10.9. The summed E-state index contributed by atoms with van der Waals surface area (Å²) in [5, 5.41) is 12.0. The van der Waals surface area contributed by atoms with Crippen LogP contribution >= 0.6 is 0 Å². The van der Waals surface area contributed by atoms with E-state index in [-0.39, 0.29) is 12.4 Å². The number of carboxylic acid groups (broad SMARTS) is 1. The number of hydrogen-bond donors (Lipinski definition) is 2. The number of H-pyrrole nitrogens is 1. The monoisotopic (exact) mass is 307 g/mol. The molecule has 1 saturated heterocycles. The van der Waals surface area contributed by atoms with E-state index in [1.54, 1.807) is 24.3 Å². The van der Waals surface area contributed by atoms with Crippen molar-refractivity contribution in [2.75, 3.05) is 11.4 Å². The van der Waals surface area contributed by atoms with Gasteiger partial charge in [-0.25, -0.2) is 14.4 Å². The van der Waals surface area contributed by atoms with Crippen LogP contribution in [0.1, 0.15) is 0 Å². The number of carbonyl (C=O) groups excluding carboxylic acids is 1. The van der Waals surface area contributed by atoms with Gasteiger partial charge < -0.3 is 14.6 Å². The summed E-state index contributed by atoms with van der Waals surface area (Å²) in [5.41, 5.74) is 1.07. The van der Waals surface area contributed by atoms with Crippen LogP contribution in [-0.4, -0.2) is 40.3 Å². The van der Waals surface area contributed by atoms with Crippen molar-refractivity contribution < 1.29 is 28.7 Å². The Morgan fingerprint density at radius 1 is 1.36 bits per heavy atom. The number of aromatic amines is 1. The van der Waals surface area contributed by atoms with E-state index in [4.69, 9.17) is 9.84 Å². The first-order valence-corrected chi connectivity index (χ1v) is 6.07. The van der Waals surface area contributed by atoms with Crippen LogP contribution in [-0.2, 0) is 9.47 Å². The van der Waals surface area contributed by atoms with E-state index >= 15 is 0 Å². The highest BCUT2D eigenvalue weighted by Crippen LogP contribution is 2.24. The molecule has 10 heteroatoms. The number of ether oxygens (including phenoxy) is 2. The average Bonchev–Trinajstić information content (AvgIpc) is 3.05. The molecule has 0 spiro atoms. The summed E-state index contributed by atoms with van der Waals surface area (Å²) in [5.74, 6) is -0.413. The topological polar surface area (TPSA) is 135 Å². The minimum atomic E-state index is -1.52. The lowest BCUT2D eigenvalue weighted by Crippen LogP contribution is -2.25. The van der Waals surface area contributed by atoms with E-state index in [0.29, 0.717) is 11.3 Å². The second-order valence-electron chi connectivity index (χ2n) is 4.30. The van der Waals surface area contributed by atoms with E-state index in [2.05, 4.69) is 19.4 Å². The molecule has 10 nitrogen and oxygen atoms in total. The number of nitrogens with one attached hydrogen (secondary N) is 1. The van der Waals surface area contributed by atoms with Crippen LogP contribution in [0.3, 0.4) is 0 Å². The minimum Gasteiger partial charge on any atom is -0.450 e. The molecule has 1 amide bonds. The van der Waals surface area contributed by atoms with Crippen LogP contribution in [0.5, 0.6) is 0 Å². The first kappa shape index (κ1) is 13.7. The molecule has 0 saturated carbocycles. The van der Waals surface area contributed by atoms with Crippen LogP contribution in [0, 0.1) is 0 Å². The predicted molar refractivity (Wildman–Crippen MR) is 69.3 cm³/mol. The molecule has 2 N–H and O–H groups in total. The Bertz CT molecular complexity index is 764. The fraction of sp³-hybridized carbons (Fsp3) is 0.167. The highest BCUT2D eigenvalue weighted by molar-refractivity contribution is 5.90. The number of hydrogen-bond acceptors (Lipinski definition) is 7. The summed E-state index contributed by atoms with van der Waals surface area (Å²) >= 11 is 0. The number of rotatable bonds is 3. The van der Waals surface area contributed by atoms with Gasteiger partial charge in [-0.15, -0.1) is 0 Å². The third-order valence-corrected chi connectivity index (χ3v) is 2.91. The van der Waals surface area contributed by atoms with Crippen LogP contribution < -0.4 is 10.7 Å². The van der Waals surface area contributed by atoms with Crippen molar-refractivity contribution in [2.45, 2.75) is 6.29 Å². The normalized spacial score (nSPS) is 17.4. The highest BCUT2D eigenvalue weighted by Gasteiger charge is 2.34. The number of anilines is 1. The van der Waals surface area contributed by atoms with Gasteiger partial charge in [0, 0.05) is 11.3 Å². The number of aromatic nitrogens is 2. The maximum absolute atomic E-state index is 11.7. The van der Waals surface area contributed by atoms with Gasteiger partial charge in [-0.05, 0) is 24.3 Å². The van der Waals surface area contributed by atoms with Gasteiger partial charge in [0.25, 0.3) is 6.29 Å². The lowest BCUT2D eigenvalue weighted by atomic mass is 10.2. The lowest BCUT2D eigenvalue weighted by Gasteiger charge is -2.12. The Hall–Kier alpha value is -3.30. The van der Waals surface area contributed by atoms with Crippen LogP contribution in [0.2, 0.25) is 0 Å². The SMILES string of the molecule is O=C(O)OC1CN(c2ccc(-c3noc(=O)[nH]3)cc2)C(=O)O1. The van der Waals surface area contributed by atoms with Crippen molar-refractivity contribution in [2.24, 2.45) is 0 Å². The highest BCUT2D eigenvalue weighted by atomic mass is 16.8. The summed E-state index contributed by atoms with van der Waals surface area (Å²) in [4.78, 5) is 36.6. The molecule has 0 bridgehead atoms. The van der Waals surface area contributed by atoms with E-state index in [1.807, 2.05) is 0 Å². The quantitative estimate of drug-likeness (QED) is 0.802. The molecule has 1 aliphatic heterocycles. The molecule has 3 rings (SSSR count).